The monoisotopic (exact) mass is 268 g/mol. The second kappa shape index (κ2) is 5.21. The maximum atomic E-state index is 13.8. The van der Waals surface area contributed by atoms with Gasteiger partial charge in [-0.15, -0.1) is 0 Å². The first-order valence-corrected chi connectivity index (χ1v) is 5.79. The molecule has 19 heavy (non-hydrogen) atoms. The zero-order valence-corrected chi connectivity index (χ0v) is 10.3. The number of rotatable bonds is 3. The molecular weight excluding hydrogens is 255 g/mol. The molecule has 0 aliphatic carbocycles. The van der Waals surface area contributed by atoms with Crippen molar-refractivity contribution in [3.05, 3.63) is 39.7 Å². The number of piperidine rings is 1. The quantitative estimate of drug-likeness (QED) is 0.664. The largest absolute Gasteiger partial charge is 0.497 e. The predicted octanol–water partition coefficient (Wildman–Crippen LogP) is 1.43. The molecule has 0 spiro atoms. The summed E-state index contributed by atoms with van der Waals surface area (Å²) in [5.41, 5.74) is 0.0779. The van der Waals surface area contributed by atoms with Crippen molar-refractivity contribution >= 4 is 5.91 Å². The van der Waals surface area contributed by atoms with Crippen LogP contribution >= 0.6 is 0 Å². The lowest BCUT2D eigenvalue weighted by Gasteiger charge is -2.27. The van der Waals surface area contributed by atoms with Crippen molar-refractivity contribution < 1.29 is 18.8 Å². The first-order valence-electron chi connectivity index (χ1n) is 5.79. The number of ether oxygens (including phenoxy) is 1. The molecule has 0 bridgehead atoms. The van der Waals surface area contributed by atoms with E-state index in [0.29, 0.717) is 5.75 Å². The van der Waals surface area contributed by atoms with E-state index in [9.17, 15) is 19.3 Å². The number of hydrogen-bond donors (Lipinski definition) is 1. The minimum atomic E-state index is -1.03. The molecule has 1 aliphatic rings. The molecule has 1 fully saturated rings. The number of carbonyl (C=O) groups is 1. The number of nitro groups is 1. The van der Waals surface area contributed by atoms with Crippen LogP contribution < -0.4 is 10.1 Å². The highest BCUT2D eigenvalue weighted by Crippen LogP contribution is 2.30. The molecule has 0 unspecified atom stereocenters. The molecule has 7 heteroatoms. The number of carbonyl (C=O) groups excluding carboxylic acids is 1. The third-order valence-electron chi connectivity index (χ3n) is 3.18. The SMILES string of the molecule is COc1ccc(F)c([C@@H]2NC(=O)CC[C@H]2[N+](=O)[O-])c1. The van der Waals surface area contributed by atoms with Crippen LogP contribution in [0.5, 0.6) is 5.75 Å². The predicted molar refractivity (Wildman–Crippen MR) is 63.9 cm³/mol. The van der Waals surface area contributed by atoms with E-state index in [-0.39, 0.29) is 24.3 Å². The number of nitrogens with one attached hydrogen (secondary N) is 1. The Bertz CT molecular complexity index is 520. The van der Waals surface area contributed by atoms with Crippen LogP contribution in [-0.2, 0) is 4.79 Å². The number of halogens is 1. The van der Waals surface area contributed by atoms with Crippen molar-refractivity contribution in [2.24, 2.45) is 0 Å². The van der Waals surface area contributed by atoms with E-state index < -0.39 is 22.8 Å². The zero-order chi connectivity index (χ0) is 14.0. The Balaban J connectivity index is 2.40. The van der Waals surface area contributed by atoms with Gasteiger partial charge >= 0.3 is 0 Å². The van der Waals surface area contributed by atoms with Gasteiger partial charge in [-0.2, -0.15) is 0 Å². The number of methoxy groups -OCH3 is 1. The van der Waals surface area contributed by atoms with Crippen LogP contribution in [0.3, 0.4) is 0 Å². The second-order valence-corrected chi connectivity index (χ2v) is 4.32. The van der Waals surface area contributed by atoms with Crippen LogP contribution in [-0.4, -0.2) is 24.0 Å². The highest BCUT2D eigenvalue weighted by Gasteiger charge is 2.39. The maximum Gasteiger partial charge on any atom is 0.237 e. The number of hydrogen-bond acceptors (Lipinski definition) is 4. The summed E-state index contributed by atoms with van der Waals surface area (Å²) in [5.74, 6) is -0.525. The lowest BCUT2D eigenvalue weighted by Crippen LogP contribution is -2.45. The summed E-state index contributed by atoms with van der Waals surface area (Å²) in [5, 5.41) is 13.5. The highest BCUT2D eigenvalue weighted by atomic mass is 19.1. The van der Waals surface area contributed by atoms with Crippen molar-refractivity contribution in [2.75, 3.05) is 7.11 Å². The van der Waals surface area contributed by atoms with E-state index in [0.717, 1.165) is 0 Å². The zero-order valence-electron chi connectivity index (χ0n) is 10.3. The number of amides is 1. The van der Waals surface area contributed by atoms with E-state index in [1.807, 2.05) is 0 Å². The van der Waals surface area contributed by atoms with Gasteiger partial charge in [-0.05, 0) is 18.2 Å². The summed E-state index contributed by atoms with van der Waals surface area (Å²) in [6.45, 7) is 0. The molecular formula is C12H13FN2O4. The van der Waals surface area contributed by atoms with Gasteiger partial charge in [-0.1, -0.05) is 0 Å². The molecule has 2 rings (SSSR count). The third-order valence-corrected chi connectivity index (χ3v) is 3.18. The van der Waals surface area contributed by atoms with Gasteiger partial charge in [-0.3, -0.25) is 14.9 Å². The molecule has 1 heterocycles. The molecule has 0 saturated carbocycles. The van der Waals surface area contributed by atoms with Crippen molar-refractivity contribution in [3.8, 4) is 5.75 Å². The van der Waals surface area contributed by atoms with Gasteiger partial charge in [0.2, 0.25) is 11.9 Å². The van der Waals surface area contributed by atoms with Gasteiger partial charge in [0.15, 0.2) is 0 Å². The Morgan fingerprint density at radius 1 is 1.53 bits per heavy atom. The van der Waals surface area contributed by atoms with E-state index in [1.54, 1.807) is 0 Å². The molecule has 2 atom stereocenters. The van der Waals surface area contributed by atoms with E-state index in [1.165, 1.54) is 25.3 Å². The molecule has 1 aromatic carbocycles. The van der Waals surface area contributed by atoms with Gasteiger partial charge in [0.1, 0.15) is 17.6 Å². The summed E-state index contributed by atoms with van der Waals surface area (Å²) < 4.78 is 18.8. The number of nitrogens with zero attached hydrogens (tertiary/aromatic N) is 1. The highest BCUT2D eigenvalue weighted by molar-refractivity contribution is 5.77. The van der Waals surface area contributed by atoms with Crippen LogP contribution in [0.15, 0.2) is 18.2 Å². The van der Waals surface area contributed by atoms with Gasteiger partial charge in [0.25, 0.3) is 0 Å². The first kappa shape index (κ1) is 13.3. The fraction of sp³-hybridized carbons (Fsp3) is 0.417. The van der Waals surface area contributed by atoms with Gasteiger partial charge in [0, 0.05) is 23.3 Å². The molecule has 1 aromatic rings. The second-order valence-electron chi connectivity index (χ2n) is 4.32. The Labute approximate surface area is 108 Å². The Kier molecular flexibility index (Phi) is 3.64. The summed E-state index contributed by atoms with van der Waals surface area (Å²) in [4.78, 5) is 21.9. The topological polar surface area (TPSA) is 81.5 Å². The van der Waals surface area contributed by atoms with E-state index >= 15 is 0 Å². The van der Waals surface area contributed by atoms with Crippen LogP contribution in [0, 0.1) is 15.9 Å². The van der Waals surface area contributed by atoms with Gasteiger partial charge in [0.05, 0.1) is 7.11 Å². The molecule has 0 radical (unpaired) electrons. The first-order chi connectivity index (χ1) is 9.02. The fourth-order valence-corrected chi connectivity index (χ4v) is 2.19. The van der Waals surface area contributed by atoms with Crippen molar-refractivity contribution in [1.82, 2.24) is 5.32 Å². The van der Waals surface area contributed by atoms with Crippen molar-refractivity contribution in [3.63, 3.8) is 0 Å². The van der Waals surface area contributed by atoms with Crippen LogP contribution in [0.4, 0.5) is 4.39 Å². The number of benzene rings is 1. The van der Waals surface area contributed by atoms with Crippen LogP contribution in [0.1, 0.15) is 24.4 Å². The standard InChI is InChI=1S/C12H13FN2O4/c1-19-7-2-3-9(13)8(6-7)12-10(15(17)18)4-5-11(16)14-12/h2-3,6,10,12H,4-5H2,1H3,(H,14,16)/t10-,12+/m1/s1. The average Bonchev–Trinajstić information content (AvgIpc) is 2.38. The third kappa shape index (κ3) is 2.64. The molecule has 1 saturated heterocycles. The van der Waals surface area contributed by atoms with E-state index in [2.05, 4.69) is 5.32 Å². The molecule has 1 N–H and O–H groups in total. The summed E-state index contributed by atoms with van der Waals surface area (Å²) >= 11 is 0. The van der Waals surface area contributed by atoms with Crippen molar-refractivity contribution in [2.45, 2.75) is 24.9 Å². The van der Waals surface area contributed by atoms with Gasteiger partial charge < -0.3 is 10.1 Å². The molecule has 102 valence electrons. The minimum absolute atomic E-state index is 0.0771. The van der Waals surface area contributed by atoms with Crippen LogP contribution in [0.25, 0.3) is 0 Å². The summed E-state index contributed by atoms with van der Waals surface area (Å²) in [6, 6.07) is 1.98. The normalized spacial score (nSPS) is 22.7. The van der Waals surface area contributed by atoms with Crippen molar-refractivity contribution in [1.29, 1.82) is 0 Å². The smallest absolute Gasteiger partial charge is 0.237 e. The Morgan fingerprint density at radius 3 is 2.89 bits per heavy atom. The molecule has 1 amide bonds. The maximum absolute atomic E-state index is 13.8. The lowest BCUT2D eigenvalue weighted by molar-refractivity contribution is -0.529. The van der Waals surface area contributed by atoms with Gasteiger partial charge in [-0.25, -0.2) is 4.39 Å². The molecule has 0 aromatic heterocycles. The Morgan fingerprint density at radius 2 is 2.26 bits per heavy atom. The summed E-state index contributed by atoms with van der Waals surface area (Å²) in [7, 11) is 1.42. The lowest BCUT2D eigenvalue weighted by atomic mass is 9.92. The minimum Gasteiger partial charge on any atom is -0.497 e. The summed E-state index contributed by atoms with van der Waals surface area (Å²) in [6.07, 6.45) is 0.174. The molecule has 1 aliphatic heterocycles. The fourth-order valence-electron chi connectivity index (χ4n) is 2.19. The van der Waals surface area contributed by atoms with Crippen LogP contribution in [0.2, 0.25) is 0 Å². The average molecular weight is 268 g/mol. The molecule has 6 nitrogen and oxygen atoms in total. The Hall–Kier alpha value is -2.18. The van der Waals surface area contributed by atoms with E-state index in [4.69, 9.17) is 4.74 Å².